The number of likely N-dealkylation sites (N-methyl/N-ethyl adjacent to an activating group) is 1. The zero-order valence-electron chi connectivity index (χ0n) is 6.08. The average molecular weight is 140 g/mol. The minimum Gasteiger partial charge on any atom is -0.314 e. The lowest BCUT2D eigenvalue weighted by Gasteiger charge is -2.29. The van der Waals surface area contributed by atoms with Crippen molar-refractivity contribution in [1.29, 1.82) is 0 Å². The van der Waals surface area contributed by atoms with Crippen molar-refractivity contribution in [2.24, 2.45) is 0 Å². The van der Waals surface area contributed by atoms with Gasteiger partial charge in [-0.15, -0.1) is 0 Å². The second kappa shape index (κ2) is 1.55. The van der Waals surface area contributed by atoms with Gasteiger partial charge >= 0.3 is 0 Å². The van der Waals surface area contributed by atoms with Gasteiger partial charge < -0.3 is 5.32 Å². The molecule has 0 radical (unpaired) electrons. The van der Waals surface area contributed by atoms with E-state index in [1.807, 2.05) is 7.05 Å². The minimum absolute atomic E-state index is 0.486. The van der Waals surface area contributed by atoms with Gasteiger partial charge in [-0.25, -0.2) is 0 Å². The van der Waals surface area contributed by atoms with Crippen molar-refractivity contribution in [1.82, 2.24) is 10.4 Å². The zero-order chi connectivity index (χ0) is 6.72. The second-order valence-electron chi connectivity index (χ2n) is 3.51. The third-order valence-corrected chi connectivity index (χ3v) is 3.05. The van der Waals surface area contributed by atoms with E-state index in [0.29, 0.717) is 12.1 Å². The number of rotatable bonds is 1. The van der Waals surface area contributed by atoms with Crippen LogP contribution in [-0.2, 0) is 4.84 Å². The number of nitrogens with one attached hydrogen (secondary N) is 1. The zero-order valence-corrected chi connectivity index (χ0v) is 6.08. The van der Waals surface area contributed by atoms with E-state index in [0.717, 1.165) is 12.1 Å². The lowest BCUT2D eigenvalue weighted by Crippen LogP contribution is -2.45. The fraction of sp³-hybridized carbons (Fsp3) is 1.00. The molecule has 4 rings (SSSR count). The highest BCUT2D eigenvalue weighted by Gasteiger charge is 2.62. The molecule has 0 aromatic heterocycles. The van der Waals surface area contributed by atoms with Crippen LogP contribution in [0.2, 0.25) is 0 Å². The van der Waals surface area contributed by atoms with Crippen LogP contribution in [0.4, 0.5) is 0 Å². The van der Waals surface area contributed by atoms with E-state index < -0.39 is 0 Å². The van der Waals surface area contributed by atoms with Gasteiger partial charge in [0.1, 0.15) is 0 Å². The summed E-state index contributed by atoms with van der Waals surface area (Å²) in [4.78, 5) is 5.61. The number of fused-ring (bicyclic) bond motifs is 1. The Morgan fingerprint density at radius 2 is 2.20 bits per heavy atom. The molecule has 0 aromatic carbocycles. The largest absolute Gasteiger partial charge is 0.314 e. The molecule has 10 heavy (non-hydrogen) atoms. The molecule has 0 spiro atoms. The summed E-state index contributed by atoms with van der Waals surface area (Å²) in [7, 11) is 2.03. The lowest BCUT2D eigenvalue weighted by atomic mass is 9.93. The predicted molar refractivity (Wildman–Crippen MR) is 36.4 cm³/mol. The second-order valence-corrected chi connectivity index (χ2v) is 3.51. The molecule has 1 aliphatic carbocycles. The molecular weight excluding hydrogens is 128 g/mol. The summed E-state index contributed by atoms with van der Waals surface area (Å²) in [5, 5.41) is 5.46. The molecule has 3 saturated heterocycles. The summed E-state index contributed by atoms with van der Waals surface area (Å²) in [6.07, 6.45) is 3.04. The van der Waals surface area contributed by atoms with Gasteiger partial charge in [0, 0.05) is 6.04 Å². The van der Waals surface area contributed by atoms with Gasteiger partial charge in [0.2, 0.25) is 0 Å². The average Bonchev–Trinajstić information content (AvgIpc) is 2.50. The number of hydrogen-bond acceptors (Lipinski definition) is 3. The normalized spacial score (nSPS) is 62.7. The number of nitrogens with zero attached hydrogens (tertiary/aromatic N) is 1. The first-order chi connectivity index (χ1) is 4.90. The highest BCUT2D eigenvalue weighted by Crippen LogP contribution is 2.48. The van der Waals surface area contributed by atoms with E-state index in [2.05, 4.69) is 10.4 Å². The van der Waals surface area contributed by atoms with Crippen LogP contribution in [0.1, 0.15) is 12.8 Å². The van der Waals surface area contributed by atoms with Crippen LogP contribution >= 0.6 is 0 Å². The standard InChI is InChI=1S/C7H12N2O/c1-8-4-2-5-6-3-7(4)10-9(5)6/h4-8H,2-3H2,1H3. The molecular formula is C7H12N2O. The molecule has 5 unspecified atom stereocenters. The molecule has 56 valence electrons. The SMILES string of the molecule is CNC1CC2C3CC1ON23. The van der Waals surface area contributed by atoms with E-state index in [1.54, 1.807) is 0 Å². The Kier molecular flexibility index (Phi) is 0.854. The summed E-state index contributed by atoms with van der Waals surface area (Å²) in [5.74, 6) is 0. The Morgan fingerprint density at radius 3 is 2.60 bits per heavy atom. The van der Waals surface area contributed by atoms with E-state index in [4.69, 9.17) is 4.84 Å². The molecule has 3 heteroatoms. The Bertz CT molecular complexity index is 161. The summed E-state index contributed by atoms with van der Waals surface area (Å²) in [6.45, 7) is 0. The van der Waals surface area contributed by atoms with E-state index >= 15 is 0 Å². The van der Waals surface area contributed by atoms with Crippen molar-refractivity contribution in [3.8, 4) is 0 Å². The van der Waals surface area contributed by atoms with Crippen molar-refractivity contribution in [2.75, 3.05) is 7.05 Å². The van der Waals surface area contributed by atoms with Crippen LogP contribution in [0.15, 0.2) is 0 Å². The highest BCUT2D eigenvalue weighted by molar-refractivity contribution is 5.11. The first-order valence-electron chi connectivity index (χ1n) is 4.02. The van der Waals surface area contributed by atoms with E-state index in [9.17, 15) is 0 Å². The molecule has 4 aliphatic rings. The topological polar surface area (TPSA) is 24.3 Å². The quantitative estimate of drug-likeness (QED) is 0.508. The summed E-state index contributed by atoms with van der Waals surface area (Å²) >= 11 is 0. The third-order valence-electron chi connectivity index (χ3n) is 3.05. The smallest absolute Gasteiger partial charge is 0.0962 e. The Hall–Kier alpha value is -0.120. The van der Waals surface area contributed by atoms with Crippen LogP contribution in [0.3, 0.4) is 0 Å². The molecule has 4 bridgehead atoms. The lowest BCUT2D eigenvalue weighted by molar-refractivity contribution is -0.132. The first-order valence-corrected chi connectivity index (χ1v) is 4.02. The van der Waals surface area contributed by atoms with Crippen LogP contribution in [0.25, 0.3) is 0 Å². The predicted octanol–water partition coefficient (Wildman–Crippen LogP) is -0.265. The molecule has 0 amide bonds. The van der Waals surface area contributed by atoms with Crippen LogP contribution in [0.5, 0.6) is 0 Å². The van der Waals surface area contributed by atoms with Crippen molar-refractivity contribution in [3.63, 3.8) is 0 Å². The van der Waals surface area contributed by atoms with Crippen molar-refractivity contribution in [2.45, 2.75) is 37.1 Å². The van der Waals surface area contributed by atoms with Crippen LogP contribution in [0, 0.1) is 0 Å². The van der Waals surface area contributed by atoms with Crippen molar-refractivity contribution < 1.29 is 4.84 Å². The van der Waals surface area contributed by atoms with Gasteiger partial charge in [-0.1, -0.05) is 0 Å². The molecule has 3 heterocycles. The molecule has 3 aliphatic heterocycles. The maximum Gasteiger partial charge on any atom is 0.0962 e. The van der Waals surface area contributed by atoms with E-state index in [-0.39, 0.29) is 0 Å². The summed E-state index contributed by atoms with van der Waals surface area (Å²) in [5.41, 5.74) is 0. The number of hydrogen-bond donors (Lipinski definition) is 1. The fourth-order valence-corrected chi connectivity index (χ4v) is 2.38. The van der Waals surface area contributed by atoms with Gasteiger partial charge in [-0.05, 0) is 19.9 Å². The summed E-state index contributed by atoms with van der Waals surface area (Å²) in [6, 6.07) is 2.19. The van der Waals surface area contributed by atoms with Gasteiger partial charge in [0.05, 0.1) is 18.2 Å². The van der Waals surface area contributed by atoms with Gasteiger partial charge in [-0.3, -0.25) is 4.84 Å². The Morgan fingerprint density at radius 1 is 1.40 bits per heavy atom. The maximum absolute atomic E-state index is 5.61. The van der Waals surface area contributed by atoms with Gasteiger partial charge in [0.25, 0.3) is 0 Å². The first kappa shape index (κ1) is 5.52. The maximum atomic E-state index is 5.61. The molecule has 3 nitrogen and oxygen atoms in total. The monoisotopic (exact) mass is 140 g/mol. The van der Waals surface area contributed by atoms with Crippen molar-refractivity contribution >= 4 is 0 Å². The van der Waals surface area contributed by atoms with Gasteiger partial charge in [-0.2, -0.15) is 5.06 Å². The fourth-order valence-electron chi connectivity index (χ4n) is 2.38. The highest BCUT2D eigenvalue weighted by atomic mass is 16.7. The Labute approximate surface area is 60.3 Å². The molecule has 1 N–H and O–H groups in total. The summed E-state index contributed by atoms with van der Waals surface area (Å²) < 4.78 is 0. The molecule has 4 fully saturated rings. The third kappa shape index (κ3) is 0.480. The Balaban J connectivity index is 1.83. The van der Waals surface area contributed by atoms with Gasteiger partial charge in [0.15, 0.2) is 0 Å². The molecule has 0 aromatic rings. The van der Waals surface area contributed by atoms with Crippen LogP contribution in [-0.4, -0.2) is 36.3 Å². The van der Waals surface area contributed by atoms with Crippen molar-refractivity contribution in [3.05, 3.63) is 0 Å². The minimum atomic E-state index is 0.486. The van der Waals surface area contributed by atoms with E-state index in [1.165, 1.54) is 12.8 Å². The molecule has 1 saturated carbocycles. The molecule has 5 atom stereocenters. The van der Waals surface area contributed by atoms with Crippen LogP contribution < -0.4 is 5.32 Å². The number of hydroxylamine groups is 2.